The van der Waals surface area contributed by atoms with Crippen LogP contribution in [0.4, 0.5) is 17.1 Å². The van der Waals surface area contributed by atoms with Gasteiger partial charge in [-0.05, 0) is 6.92 Å². The summed E-state index contributed by atoms with van der Waals surface area (Å²) in [6.07, 6.45) is 0. The molecule has 0 spiro atoms. The van der Waals surface area contributed by atoms with Crippen molar-refractivity contribution >= 4 is 28.7 Å². The number of nitro benzene ring substituents is 2. The summed E-state index contributed by atoms with van der Waals surface area (Å²) in [6, 6.07) is 0.878. The van der Waals surface area contributed by atoms with E-state index in [0.29, 0.717) is 6.54 Å². The van der Waals surface area contributed by atoms with E-state index in [9.17, 15) is 25.3 Å². The van der Waals surface area contributed by atoms with Gasteiger partial charge in [-0.2, -0.15) is 0 Å². The van der Waals surface area contributed by atoms with Crippen LogP contribution in [0.25, 0.3) is 0 Å². The fourth-order valence-electron chi connectivity index (χ4n) is 1.25. The van der Waals surface area contributed by atoms with Crippen LogP contribution in [-0.2, 0) is 0 Å². The molecule has 0 amide bonds. The molecule has 0 aliphatic heterocycles. The molecule has 1 rings (SSSR count). The normalized spacial score (nSPS) is 10.0. The summed E-state index contributed by atoms with van der Waals surface area (Å²) in [6.45, 7) is 2.07. The number of hydrogen-bond acceptors (Lipinski definition) is 6. The van der Waals surface area contributed by atoms with E-state index in [1.54, 1.807) is 6.92 Å². The molecule has 0 bridgehead atoms. The number of hydrogen-bond donors (Lipinski definition) is 2. The van der Waals surface area contributed by atoms with Crippen LogP contribution in [0.3, 0.4) is 0 Å². The molecule has 0 fully saturated rings. The van der Waals surface area contributed by atoms with E-state index in [4.69, 9.17) is 11.6 Å². The van der Waals surface area contributed by atoms with Crippen LogP contribution in [0.1, 0.15) is 6.92 Å². The van der Waals surface area contributed by atoms with Gasteiger partial charge in [0.25, 0.3) is 0 Å². The van der Waals surface area contributed by atoms with Gasteiger partial charge in [0.05, 0.1) is 21.6 Å². The Bertz CT molecular complexity index is 491. The van der Waals surface area contributed by atoms with Crippen molar-refractivity contribution in [3.8, 4) is 5.75 Å². The summed E-state index contributed by atoms with van der Waals surface area (Å²) < 4.78 is 0. The zero-order chi connectivity index (χ0) is 13.2. The Morgan fingerprint density at radius 3 is 2.41 bits per heavy atom. The number of halogens is 1. The maximum absolute atomic E-state index is 10.7. The van der Waals surface area contributed by atoms with Gasteiger partial charge in [0.15, 0.2) is 10.8 Å². The lowest BCUT2D eigenvalue weighted by atomic mass is 10.2. The largest absolute Gasteiger partial charge is 0.504 e. The minimum atomic E-state index is -1.00. The number of nitro groups is 2. The summed E-state index contributed by atoms with van der Waals surface area (Å²) in [5.41, 5.74) is -1.71. The minimum absolute atomic E-state index is 0.0187. The average Bonchev–Trinajstić information content (AvgIpc) is 2.23. The van der Waals surface area contributed by atoms with E-state index in [0.717, 1.165) is 6.07 Å². The third kappa shape index (κ3) is 2.36. The topological polar surface area (TPSA) is 119 Å². The Labute approximate surface area is 100 Å². The van der Waals surface area contributed by atoms with Crippen LogP contribution in [-0.4, -0.2) is 21.5 Å². The fourth-order valence-corrected chi connectivity index (χ4v) is 1.52. The van der Waals surface area contributed by atoms with Gasteiger partial charge in [0.1, 0.15) is 0 Å². The summed E-state index contributed by atoms with van der Waals surface area (Å²) in [5.74, 6) is -0.578. The first-order chi connectivity index (χ1) is 7.90. The molecule has 1 aromatic carbocycles. The highest BCUT2D eigenvalue weighted by molar-refractivity contribution is 6.35. The first-order valence-corrected chi connectivity index (χ1v) is 4.86. The highest BCUT2D eigenvalue weighted by Crippen LogP contribution is 2.45. The summed E-state index contributed by atoms with van der Waals surface area (Å²) in [7, 11) is 0. The third-order valence-electron chi connectivity index (χ3n) is 1.94. The van der Waals surface area contributed by atoms with Crippen LogP contribution in [0.2, 0.25) is 5.02 Å². The minimum Gasteiger partial charge on any atom is -0.504 e. The quantitative estimate of drug-likeness (QED) is 0.487. The number of phenols is 1. The van der Waals surface area contributed by atoms with Crippen LogP contribution >= 0.6 is 11.6 Å². The maximum atomic E-state index is 10.7. The van der Waals surface area contributed by atoms with Crippen molar-refractivity contribution in [1.82, 2.24) is 0 Å². The fraction of sp³-hybridized carbons (Fsp3) is 0.250. The molecule has 0 aliphatic carbocycles. The van der Waals surface area contributed by atoms with Gasteiger partial charge in [0, 0.05) is 6.54 Å². The number of rotatable bonds is 4. The van der Waals surface area contributed by atoms with Gasteiger partial charge in [-0.25, -0.2) is 0 Å². The molecule has 0 aromatic heterocycles. The molecule has 8 nitrogen and oxygen atoms in total. The number of nitrogens with one attached hydrogen (secondary N) is 1. The molecule has 0 aliphatic rings. The summed E-state index contributed by atoms with van der Waals surface area (Å²) >= 11 is 5.54. The van der Waals surface area contributed by atoms with Crippen molar-refractivity contribution in [2.75, 3.05) is 11.9 Å². The zero-order valence-electron chi connectivity index (χ0n) is 8.64. The lowest BCUT2D eigenvalue weighted by Gasteiger charge is -2.07. The van der Waals surface area contributed by atoms with E-state index in [1.165, 1.54) is 0 Å². The first kappa shape index (κ1) is 13.0. The Morgan fingerprint density at radius 1 is 1.41 bits per heavy atom. The molecule has 0 atom stereocenters. The average molecular weight is 262 g/mol. The molecule has 0 radical (unpaired) electrons. The number of aromatic hydroxyl groups is 1. The standard InChI is InChI=1S/C8H8ClN3O5/c1-2-10-4-3-5(11(14)15)7(12(16)17)6(9)8(4)13/h3,10,13H,2H2,1H3. The smallest absolute Gasteiger partial charge is 0.368 e. The molecule has 2 N–H and O–H groups in total. The van der Waals surface area contributed by atoms with Crippen molar-refractivity contribution in [1.29, 1.82) is 0 Å². The van der Waals surface area contributed by atoms with Crippen molar-refractivity contribution in [3.63, 3.8) is 0 Å². The zero-order valence-corrected chi connectivity index (χ0v) is 9.39. The molecule has 9 heteroatoms. The molecular weight excluding hydrogens is 254 g/mol. The van der Waals surface area contributed by atoms with Gasteiger partial charge < -0.3 is 10.4 Å². The first-order valence-electron chi connectivity index (χ1n) is 4.48. The van der Waals surface area contributed by atoms with Gasteiger partial charge in [0.2, 0.25) is 0 Å². The maximum Gasteiger partial charge on any atom is 0.368 e. The molecule has 0 unspecified atom stereocenters. The van der Waals surface area contributed by atoms with E-state index in [1.807, 2.05) is 0 Å². The van der Waals surface area contributed by atoms with E-state index >= 15 is 0 Å². The van der Waals surface area contributed by atoms with Gasteiger partial charge in [-0.1, -0.05) is 11.6 Å². The number of phenolic OH excluding ortho intramolecular Hbond substituents is 1. The van der Waals surface area contributed by atoms with E-state index in [-0.39, 0.29) is 5.69 Å². The second-order valence-corrected chi connectivity index (χ2v) is 3.38. The van der Waals surface area contributed by atoms with Gasteiger partial charge >= 0.3 is 11.4 Å². The summed E-state index contributed by atoms with van der Waals surface area (Å²) in [5, 5.41) is 32.8. The van der Waals surface area contributed by atoms with E-state index < -0.39 is 32.0 Å². The second kappa shape index (κ2) is 4.83. The number of anilines is 1. The second-order valence-electron chi connectivity index (χ2n) is 3.00. The van der Waals surface area contributed by atoms with Crippen LogP contribution in [0.15, 0.2) is 6.07 Å². The molecule has 92 valence electrons. The van der Waals surface area contributed by atoms with Crippen LogP contribution in [0.5, 0.6) is 5.75 Å². The number of nitrogens with zero attached hydrogens (tertiary/aromatic N) is 2. The Kier molecular flexibility index (Phi) is 3.69. The Balaban J connectivity index is 3.56. The SMILES string of the molecule is CCNc1cc([N+](=O)[O-])c([N+](=O)[O-])c(Cl)c1O. The molecule has 17 heavy (non-hydrogen) atoms. The van der Waals surface area contributed by atoms with Crippen molar-refractivity contribution in [3.05, 3.63) is 31.3 Å². The predicted octanol–water partition coefficient (Wildman–Crippen LogP) is 2.29. The van der Waals surface area contributed by atoms with Crippen molar-refractivity contribution in [2.45, 2.75) is 6.92 Å². The molecule has 1 aromatic rings. The molecule has 0 saturated heterocycles. The van der Waals surface area contributed by atoms with Gasteiger partial charge in [-0.15, -0.1) is 0 Å². The Hall–Kier alpha value is -2.09. The third-order valence-corrected chi connectivity index (χ3v) is 2.30. The molecule has 0 heterocycles. The monoisotopic (exact) mass is 261 g/mol. The predicted molar refractivity (Wildman–Crippen MR) is 60.6 cm³/mol. The lowest BCUT2D eigenvalue weighted by Crippen LogP contribution is -2.02. The van der Waals surface area contributed by atoms with Crippen molar-refractivity contribution < 1.29 is 15.0 Å². The van der Waals surface area contributed by atoms with Crippen LogP contribution < -0.4 is 5.32 Å². The van der Waals surface area contributed by atoms with Crippen molar-refractivity contribution in [2.24, 2.45) is 0 Å². The van der Waals surface area contributed by atoms with Gasteiger partial charge in [-0.3, -0.25) is 20.2 Å². The lowest BCUT2D eigenvalue weighted by molar-refractivity contribution is -0.422. The highest BCUT2D eigenvalue weighted by atomic mass is 35.5. The van der Waals surface area contributed by atoms with E-state index in [2.05, 4.69) is 5.32 Å². The number of benzene rings is 1. The van der Waals surface area contributed by atoms with Crippen LogP contribution in [0, 0.1) is 20.2 Å². The molecular formula is C8H8ClN3O5. The molecule has 0 saturated carbocycles. The summed E-state index contributed by atoms with van der Waals surface area (Å²) in [4.78, 5) is 19.4. The highest BCUT2D eigenvalue weighted by Gasteiger charge is 2.32. The Morgan fingerprint density at radius 2 is 2.00 bits per heavy atom.